The van der Waals surface area contributed by atoms with Crippen molar-refractivity contribution in [1.29, 1.82) is 0 Å². The second-order valence-electron chi connectivity index (χ2n) is 6.35. The third-order valence-corrected chi connectivity index (χ3v) is 4.22. The number of hydrogen-bond acceptors (Lipinski definition) is 1. The summed E-state index contributed by atoms with van der Waals surface area (Å²) in [6.45, 7) is 6.85. The molecule has 2 amide bonds. The van der Waals surface area contributed by atoms with Crippen molar-refractivity contribution in [2.24, 2.45) is 5.92 Å². The fourth-order valence-electron chi connectivity index (χ4n) is 2.28. The van der Waals surface area contributed by atoms with Crippen LogP contribution in [0, 0.1) is 5.92 Å². The van der Waals surface area contributed by atoms with Crippen molar-refractivity contribution in [1.82, 2.24) is 10.6 Å². The van der Waals surface area contributed by atoms with Gasteiger partial charge in [0.2, 0.25) is 0 Å². The first-order valence-corrected chi connectivity index (χ1v) is 7.57. The van der Waals surface area contributed by atoms with E-state index in [4.69, 9.17) is 11.6 Å². The van der Waals surface area contributed by atoms with Gasteiger partial charge < -0.3 is 10.6 Å². The third kappa shape index (κ3) is 4.14. The van der Waals surface area contributed by atoms with Crippen LogP contribution in [0.15, 0.2) is 24.3 Å². The van der Waals surface area contributed by atoms with E-state index in [-0.39, 0.29) is 17.5 Å². The first kappa shape index (κ1) is 15.2. The van der Waals surface area contributed by atoms with Crippen molar-refractivity contribution in [3.05, 3.63) is 34.9 Å². The highest BCUT2D eigenvalue weighted by atomic mass is 35.5. The van der Waals surface area contributed by atoms with E-state index in [1.54, 1.807) is 0 Å². The maximum Gasteiger partial charge on any atom is 0.315 e. The molecule has 0 aromatic heterocycles. The number of carbonyl (C=O) groups is 1. The summed E-state index contributed by atoms with van der Waals surface area (Å²) in [5.74, 6) is 0.668. The molecule has 1 unspecified atom stereocenters. The summed E-state index contributed by atoms with van der Waals surface area (Å²) in [4.78, 5) is 11.9. The molecule has 1 aromatic carbocycles. The molecule has 1 saturated carbocycles. The predicted molar refractivity (Wildman–Crippen MR) is 83.2 cm³/mol. The molecule has 2 N–H and O–H groups in total. The molecule has 0 heterocycles. The quantitative estimate of drug-likeness (QED) is 0.854. The molecular weight excluding hydrogens is 272 g/mol. The van der Waals surface area contributed by atoms with E-state index in [0.717, 1.165) is 10.6 Å². The van der Waals surface area contributed by atoms with Gasteiger partial charge in [-0.25, -0.2) is 4.79 Å². The number of rotatable bonds is 5. The zero-order valence-corrected chi connectivity index (χ0v) is 13.1. The summed E-state index contributed by atoms with van der Waals surface area (Å²) in [5, 5.41) is 6.69. The molecule has 2 rings (SSSR count). The number of urea groups is 1. The van der Waals surface area contributed by atoms with Gasteiger partial charge >= 0.3 is 6.03 Å². The normalized spacial score (nSPS) is 16.6. The van der Waals surface area contributed by atoms with Crippen molar-refractivity contribution >= 4 is 17.6 Å². The van der Waals surface area contributed by atoms with Crippen molar-refractivity contribution < 1.29 is 4.79 Å². The minimum Gasteiger partial charge on any atom is -0.337 e. The summed E-state index contributed by atoms with van der Waals surface area (Å²) in [7, 11) is 0. The average molecular weight is 295 g/mol. The Balaban J connectivity index is 1.86. The van der Waals surface area contributed by atoms with Gasteiger partial charge in [0.1, 0.15) is 0 Å². The minimum absolute atomic E-state index is 0.0838. The molecule has 1 fully saturated rings. The number of halogens is 1. The smallest absolute Gasteiger partial charge is 0.315 e. The average Bonchev–Trinajstić information content (AvgIpc) is 3.21. The molecule has 3 nitrogen and oxygen atoms in total. The number of amides is 2. The van der Waals surface area contributed by atoms with Crippen molar-refractivity contribution in [3.8, 4) is 0 Å². The van der Waals surface area contributed by atoms with E-state index in [1.165, 1.54) is 12.8 Å². The summed E-state index contributed by atoms with van der Waals surface area (Å²) < 4.78 is 0. The first-order chi connectivity index (χ1) is 9.38. The van der Waals surface area contributed by atoms with Gasteiger partial charge in [0, 0.05) is 23.0 Å². The lowest BCUT2D eigenvalue weighted by atomic mass is 9.85. The monoisotopic (exact) mass is 294 g/mol. The summed E-state index contributed by atoms with van der Waals surface area (Å²) in [6, 6.07) is 7.98. The summed E-state index contributed by atoms with van der Waals surface area (Å²) >= 11 is 6.02. The van der Waals surface area contributed by atoms with E-state index in [0.29, 0.717) is 12.5 Å². The van der Waals surface area contributed by atoms with Crippen LogP contribution in [0.1, 0.15) is 39.2 Å². The Morgan fingerprint density at radius 2 is 2.15 bits per heavy atom. The molecule has 110 valence electrons. The Bertz CT molecular complexity index is 483. The van der Waals surface area contributed by atoms with Gasteiger partial charge in [0.15, 0.2) is 0 Å². The Morgan fingerprint density at radius 3 is 2.75 bits per heavy atom. The van der Waals surface area contributed by atoms with E-state index in [9.17, 15) is 4.79 Å². The topological polar surface area (TPSA) is 41.1 Å². The number of benzene rings is 1. The molecule has 0 bridgehead atoms. The summed E-state index contributed by atoms with van der Waals surface area (Å²) in [6.07, 6.45) is 2.46. The highest BCUT2D eigenvalue weighted by Gasteiger charge is 2.29. The SMILES string of the molecule is CC(NC(=O)NCC(C)(C)c1cccc(Cl)c1)C1CC1. The van der Waals surface area contributed by atoms with E-state index >= 15 is 0 Å². The van der Waals surface area contributed by atoms with Crippen LogP contribution in [-0.4, -0.2) is 18.6 Å². The van der Waals surface area contributed by atoms with Gasteiger partial charge in [0.25, 0.3) is 0 Å². The van der Waals surface area contributed by atoms with Crippen molar-refractivity contribution in [2.45, 2.75) is 45.1 Å². The number of nitrogens with one attached hydrogen (secondary N) is 2. The van der Waals surface area contributed by atoms with Crippen LogP contribution in [0.25, 0.3) is 0 Å². The number of carbonyl (C=O) groups excluding carboxylic acids is 1. The zero-order valence-electron chi connectivity index (χ0n) is 12.4. The predicted octanol–water partition coefficient (Wildman–Crippen LogP) is 3.72. The second-order valence-corrected chi connectivity index (χ2v) is 6.78. The van der Waals surface area contributed by atoms with Crippen molar-refractivity contribution in [2.75, 3.05) is 6.54 Å². The standard InChI is InChI=1S/C16H23ClN2O/c1-11(12-7-8-12)19-15(20)18-10-16(2,3)13-5-4-6-14(17)9-13/h4-6,9,11-12H,7-8,10H2,1-3H3,(H2,18,19,20). The highest BCUT2D eigenvalue weighted by Crippen LogP contribution is 2.32. The van der Waals surface area contributed by atoms with Gasteiger partial charge in [-0.05, 0) is 43.4 Å². The Hall–Kier alpha value is -1.22. The van der Waals surface area contributed by atoms with Crippen LogP contribution in [0.2, 0.25) is 5.02 Å². The van der Waals surface area contributed by atoms with Gasteiger partial charge in [-0.15, -0.1) is 0 Å². The molecule has 4 heteroatoms. The first-order valence-electron chi connectivity index (χ1n) is 7.19. The van der Waals surface area contributed by atoms with Crippen LogP contribution in [0.4, 0.5) is 4.79 Å². The molecule has 1 atom stereocenters. The number of hydrogen-bond donors (Lipinski definition) is 2. The highest BCUT2D eigenvalue weighted by molar-refractivity contribution is 6.30. The molecule has 0 spiro atoms. The van der Waals surface area contributed by atoms with Crippen LogP contribution in [0.5, 0.6) is 0 Å². The maximum absolute atomic E-state index is 11.9. The Morgan fingerprint density at radius 1 is 1.45 bits per heavy atom. The fourth-order valence-corrected chi connectivity index (χ4v) is 2.47. The van der Waals surface area contributed by atoms with Crippen LogP contribution >= 0.6 is 11.6 Å². The van der Waals surface area contributed by atoms with Gasteiger partial charge in [-0.2, -0.15) is 0 Å². The maximum atomic E-state index is 11.9. The molecule has 1 aromatic rings. The van der Waals surface area contributed by atoms with Gasteiger partial charge in [-0.3, -0.25) is 0 Å². The largest absolute Gasteiger partial charge is 0.337 e. The zero-order chi connectivity index (χ0) is 14.8. The molecule has 0 radical (unpaired) electrons. The molecule has 0 aliphatic heterocycles. The lowest BCUT2D eigenvalue weighted by Gasteiger charge is -2.26. The molecule has 1 aliphatic carbocycles. The third-order valence-electron chi connectivity index (χ3n) is 3.98. The summed E-state index contributed by atoms with van der Waals surface area (Å²) in [5.41, 5.74) is 0.978. The Kier molecular flexibility index (Phi) is 4.59. The van der Waals surface area contributed by atoms with E-state index in [1.807, 2.05) is 24.3 Å². The minimum atomic E-state index is -0.148. The van der Waals surface area contributed by atoms with Crippen molar-refractivity contribution in [3.63, 3.8) is 0 Å². The molecule has 0 saturated heterocycles. The fraction of sp³-hybridized carbons (Fsp3) is 0.562. The lowest BCUT2D eigenvalue weighted by Crippen LogP contribution is -2.45. The van der Waals surface area contributed by atoms with E-state index < -0.39 is 0 Å². The van der Waals surface area contributed by atoms with Crippen LogP contribution < -0.4 is 10.6 Å². The van der Waals surface area contributed by atoms with Gasteiger partial charge in [0.05, 0.1) is 0 Å². The molecule has 1 aliphatic rings. The van der Waals surface area contributed by atoms with E-state index in [2.05, 4.69) is 31.4 Å². The lowest BCUT2D eigenvalue weighted by molar-refractivity contribution is 0.234. The second kappa shape index (κ2) is 6.04. The molecular formula is C16H23ClN2O. The Labute approximate surface area is 126 Å². The van der Waals surface area contributed by atoms with Gasteiger partial charge in [-0.1, -0.05) is 37.6 Å². The molecule has 20 heavy (non-hydrogen) atoms. The van der Waals surface area contributed by atoms with Crippen LogP contribution in [-0.2, 0) is 5.41 Å². The van der Waals surface area contributed by atoms with Crippen LogP contribution in [0.3, 0.4) is 0 Å².